The Morgan fingerprint density at radius 3 is 2.60 bits per heavy atom. The zero-order valence-corrected chi connectivity index (χ0v) is 10.1. The normalized spacial score (nSPS) is 10.0. The number of ketones is 1. The maximum atomic E-state index is 11.2. The summed E-state index contributed by atoms with van der Waals surface area (Å²) in [5, 5.41) is 0. The number of rotatable bonds is 9. The third-order valence-electron chi connectivity index (χ3n) is 1.61. The molecule has 0 fully saturated rings. The summed E-state index contributed by atoms with van der Waals surface area (Å²) in [5.74, 6) is 1.04. The molecular weight excluding hydrogens is 216 g/mol. The van der Waals surface area contributed by atoms with Gasteiger partial charge in [0.1, 0.15) is 5.78 Å². The summed E-state index contributed by atoms with van der Waals surface area (Å²) in [4.78, 5) is 22.2. The van der Waals surface area contributed by atoms with E-state index in [-0.39, 0.29) is 24.6 Å². The van der Waals surface area contributed by atoms with Gasteiger partial charge in [-0.15, -0.1) is 0 Å². The van der Waals surface area contributed by atoms with Gasteiger partial charge in [0, 0.05) is 19.3 Å². The van der Waals surface area contributed by atoms with Crippen molar-refractivity contribution in [2.24, 2.45) is 0 Å². The molecule has 0 bridgehead atoms. The van der Waals surface area contributed by atoms with Gasteiger partial charge in [-0.25, -0.2) is 0 Å². The van der Waals surface area contributed by atoms with Crippen molar-refractivity contribution >= 4 is 23.5 Å². The Kier molecular flexibility index (Phi) is 9.62. The fourth-order valence-corrected chi connectivity index (χ4v) is 1.68. The van der Waals surface area contributed by atoms with Crippen LogP contribution in [0, 0.1) is 0 Å². The molecule has 0 rings (SSSR count). The molecule has 0 atom stereocenters. The third-order valence-corrected chi connectivity index (χ3v) is 2.59. The number of hydrogen-bond acceptors (Lipinski definition) is 5. The Labute approximate surface area is 94.7 Å². The molecular formula is C10H18O4S. The Hall–Kier alpha value is -0.550. The summed E-state index contributed by atoms with van der Waals surface area (Å²) in [7, 11) is 1.63. The molecule has 88 valence electrons. The van der Waals surface area contributed by atoms with Crippen molar-refractivity contribution < 1.29 is 19.1 Å². The van der Waals surface area contributed by atoms with Crippen molar-refractivity contribution in [2.75, 3.05) is 31.8 Å². The van der Waals surface area contributed by atoms with Gasteiger partial charge in [0.15, 0.2) is 0 Å². The van der Waals surface area contributed by atoms with Crippen LogP contribution in [0.3, 0.4) is 0 Å². The van der Waals surface area contributed by atoms with Crippen molar-refractivity contribution in [1.29, 1.82) is 0 Å². The lowest BCUT2D eigenvalue weighted by Crippen LogP contribution is -2.09. The smallest absolute Gasteiger partial charge is 0.306 e. The van der Waals surface area contributed by atoms with Crippen LogP contribution in [0.4, 0.5) is 0 Å². The first-order chi connectivity index (χ1) is 7.20. The lowest BCUT2D eigenvalue weighted by molar-refractivity contribution is -0.144. The van der Waals surface area contributed by atoms with Crippen LogP contribution in [-0.4, -0.2) is 43.6 Å². The second-order valence-electron chi connectivity index (χ2n) is 2.89. The number of carbonyl (C=O) groups is 2. The average molecular weight is 234 g/mol. The number of Topliss-reactive ketones (excluding diaryl/α,β-unsaturated/α-hetero) is 1. The molecule has 0 radical (unpaired) electrons. The predicted octanol–water partition coefficient (Wildman–Crippen LogP) is 1.28. The minimum atomic E-state index is -0.298. The molecule has 0 heterocycles. The Morgan fingerprint density at radius 2 is 2.00 bits per heavy atom. The van der Waals surface area contributed by atoms with Crippen LogP contribution in [0.15, 0.2) is 0 Å². The van der Waals surface area contributed by atoms with Crippen LogP contribution in [-0.2, 0) is 19.1 Å². The SMILES string of the molecule is CCOC(=O)CCC(=O)CSCCOC. The third kappa shape index (κ3) is 9.75. The largest absolute Gasteiger partial charge is 0.466 e. The van der Waals surface area contributed by atoms with E-state index in [1.165, 1.54) is 11.8 Å². The van der Waals surface area contributed by atoms with Crippen molar-refractivity contribution in [3.05, 3.63) is 0 Å². The van der Waals surface area contributed by atoms with Crippen molar-refractivity contribution in [1.82, 2.24) is 0 Å². The molecule has 0 aromatic rings. The van der Waals surface area contributed by atoms with Gasteiger partial charge in [-0.1, -0.05) is 0 Å². The van der Waals surface area contributed by atoms with Crippen molar-refractivity contribution in [2.45, 2.75) is 19.8 Å². The summed E-state index contributed by atoms with van der Waals surface area (Å²) in [6, 6.07) is 0. The van der Waals surface area contributed by atoms with E-state index in [1.807, 2.05) is 0 Å². The van der Waals surface area contributed by atoms with Gasteiger partial charge in [0.05, 0.1) is 25.4 Å². The van der Waals surface area contributed by atoms with Crippen LogP contribution >= 0.6 is 11.8 Å². The van der Waals surface area contributed by atoms with Gasteiger partial charge >= 0.3 is 5.97 Å². The second kappa shape index (κ2) is 9.98. The topological polar surface area (TPSA) is 52.6 Å². The molecule has 4 nitrogen and oxygen atoms in total. The number of methoxy groups -OCH3 is 1. The summed E-state index contributed by atoms with van der Waals surface area (Å²) >= 11 is 1.52. The van der Waals surface area contributed by atoms with E-state index in [2.05, 4.69) is 0 Å². The lowest BCUT2D eigenvalue weighted by Gasteiger charge is -2.01. The van der Waals surface area contributed by atoms with E-state index in [9.17, 15) is 9.59 Å². The molecule has 15 heavy (non-hydrogen) atoms. The van der Waals surface area contributed by atoms with Gasteiger partial charge in [0.25, 0.3) is 0 Å². The molecule has 0 amide bonds. The summed E-state index contributed by atoms with van der Waals surface area (Å²) in [6.45, 7) is 2.77. The van der Waals surface area contributed by atoms with Gasteiger partial charge in [-0.3, -0.25) is 9.59 Å². The van der Waals surface area contributed by atoms with Crippen molar-refractivity contribution in [3.63, 3.8) is 0 Å². The van der Waals surface area contributed by atoms with Crippen LogP contribution in [0.5, 0.6) is 0 Å². The van der Waals surface area contributed by atoms with Gasteiger partial charge in [-0.2, -0.15) is 11.8 Å². The first kappa shape index (κ1) is 14.5. The average Bonchev–Trinajstić information content (AvgIpc) is 2.22. The molecule has 0 aliphatic heterocycles. The molecule has 0 saturated carbocycles. The van der Waals surface area contributed by atoms with E-state index in [0.717, 1.165) is 5.75 Å². The molecule has 0 aromatic heterocycles. The Morgan fingerprint density at radius 1 is 1.27 bits per heavy atom. The zero-order chi connectivity index (χ0) is 11.5. The minimum Gasteiger partial charge on any atom is -0.466 e. The highest BCUT2D eigenvalue weighted by molar-refractivity contribution is 7.99. The molecule has 0 aromatic carbocycles. The van der Waals surface area contributed by atoms with Gasteiger partial charge in [0.2, 0.25) is 0 Å². The maximum absolute atomic E-state index is 11.2. The standard InChI is InChI=1S/C10H18O4S/c1-3-14-10(12)5-4-9(11)8-15-7-6-13-2/h3-8H2,1-2H3. The predicted molar refractivity (Wildman–Crippen MR) is 60.1 cm³/mol. The van der Waals surface area contributed by atoms with Crippen LogP contribution in [0.25, 0.3) is 0 Å². The molecule has 0 aliphatic carbocycles. The molecule has 5 heteroatoms. The van der Waals surface area contributed by atoms with E-state index in [1.54, 1.807) is 14.0 Å². The van der Waals surface area contributed by atoms with Crippen LogP contribution in [0.1, 0.15) is 19.8 Å². The molecule has 0 aliphatic rings. The highest BCUT2D eigenvalue weighted by atomic mass is 32.2. The summed E-state index contributed by atoms with van der Waals surface area (Å²) in [5.41, 5.74) is 0. The van der Waals surface area contributed by atoms with Gasteiger partial charge < -0.3 is 9.47 Å². The number of hydrogen-bond donors (Lipinski definition) is 0. The highest BCUT2D eigenvalue weighted by Gasteiger charge is 2.07. The van der Waals surface area contributed by atoms with E-state index in [4.69, 9.17) is 9.47 Å². The fraction of sp³-hybridized carbons (Fsp3) is 0.800. The van der Waals surface area contributed by atoms with Crippen LogP contribution in [0.2, 0.25) is 0 Å². The Bertz CT molecular complexity index is 194. The fourth-order valence-electron chi connectivity index (χ4n) is 0.875. The molecule has 0 spiro atoms. The quantitative estimate of drug-likeness (QED) is 0.444. The summed E-state index contributed by atoms with van der Waals surface area (Å²) < 4.78 is 9.56. The number of carbonyl (C=O) groups excluding carboxylic acids is 2. The number of esters is 1. The van der Waals surface area contributed by atoms with Crippen LogP contribution < -0.4 is 0 Å². The van der Waals surface area contributed by atoms with E-state index < -0.39 is 0 Å². The zero-order valence-electron chi connectivity index (χ0n) is 9.28. The van der Waals surface area contributed by atoms with E-state index >= 15 is 0 Å². The first-order valence-electron chi connectivity index (χ1n) is 4.94. The monoisotopic (exact) mass is 234 g/mol. The van der Waals surface area contributed by atoms with Gasteiger partial charge in [-0.05, 0) is 6.92 Å². The molecule has 0 saturated heterocycles. The first-order valence-corrected chi connectivity index (χ1v) is 6.10. The minimum absolute atomic E-state index is 0.0872. The summed E-state index contributed by atoms with van der Waals surface area (Å²) in [6.07, 6.45) is 0.469. The number of ether oxygens (including phenoxy) is 2. The van der Waals surface area contributed by atoms with Crippen molar-refractivity contribution in [3.8, 4) is 0 Å². The van der Waals surface area contributed by atoms with E-state index in [0.29, 0.717) is 19.0 Å². The second-order valence-corrected chi connectivity index (χ2v) is 3.99. The molecule has 0 unspecified atom stereocenters. The molecule has 0 N–H and O–H groups in total. The maximum Gasteiger partial charge on any atom is 0.306 e. The Balaban J connectivity index is 3.36. The lowest BCUT2D eigenvalue weighted by atomic mass is 10.2. The number of thioether (sulfide) groups is 1. The highest BCUT2D eigenvalue weighted by Crippen LogP contribution is 2.03.